The average molecular weight is 314 g/mol. The Morgan fingerprint density at radius 3 is 2.00 bits per heavy atom. The third-order valence-corrected chi connectivity index (χ3v) is 3.13. The molecule has 2 aromatic carbocycles. The average Bonchev–Trinajstić information content (AvgIpc) is 2.34. The zero-order chi connectivity index (χ0) is 17.4. The summed E-state index contributed by atoms with van der Waals surface area (Å²) in [4.78, 5) is 11.8. The van der Waals surface area contributed by atoms with Gasteiger partial charge >= 0.3 is 0 Å². The molecule has 0 aliphatic rings. The van der Waals surface area contributed by atoms with Gasteiger partial charge in [0, 0.05) is 10.9 Å². The lowest BCUT2D eigenvalue weighted by Gasteiger charge is -2.24. The maximum Gasteiger partial charge on any atom is 0.159 e. The molecule has 0 aliphatic carbocycles. The monoisotopic (exact) mass is 314 g/mol. The van der Waals surface area contributed by atoms with Crippen molar-refractivity contribution in [3.8, 4) is 11.5 Å². The fraction of sp³-hybridized carbons (Fsp3) is 0.450. The topological polar surface area (TPSA) is 35.5 Å². The number of ether oxygens (including phenoxy) is 2. The lowest BCUT2D eigenvalue weighted by Crippen LogP contribution is -2.23. The summed E-state index contributed by atoms with van der Waals surface area (Å²) in [5, 5.41) is 1.92. The molecule has 0 saturated carbocycles. The highest BCUT2D eigenvalue weighted by molar-refractivity contribution is 6.01. The van der Waals surface area contributed by atoms with Gasteiger partial charge < -0.3 is 9.47 Å². The largest absolute Gasteiger partial charge is 0.488 e. The molecule has 0 aliphatic heterocycles. The van der Waals surface area contributed by atoms with Crippen LogP contribution in [0.25, 0.3) is 10.8 Å². The number of Topliss-reactive ketones (excluding diaryl/α,β-unsaturated/α-hetero) is 1. The summed E-state index contributed by atoms with van der Waals surface area (Å²) in [5.41, 5.74) is 0.0455. The van der Waals surface area contributed by atoms with E-state index in [4.69, 9.17) is 9.47 Å². The first kappa shape index (κ1) is 17.3. The molecule has 124 valence electrons. The summed E-state index contributed by atoms with van der Waals surface area (Å²) in [5.74, 6) is 1.53. The van der Waals surface area contributed by atoms with Crippen LogP contribution in [-0.4, -0.2) is 17.0 Å². The van der Waals surface area contributed by atoms with Gasteiger partial charge in [0.2, 0.25) is 0 Å². The third-order valence-electron chi connectivity index (χ3n) is 3.13. The van der Waals surface area contributed by atoms with Crippen LogP contribution in [0, 0.1) is 0 Å². The van der Waals surface area contributed by atoms with E-state index in [0.29, 0.717) is 5.56 Å². The lowest BCUT2D eigenvalue weighted by atomic mass is 10.0. The van der Waals surface area contributed by atoms with Crippen molar-refractivity contribution in [1.29, 1.82) is 0 Å². The molecule has 0 saturated heterocycles. The van der Waals surface area contributed by atoms with Crippen molar-refractivity contribution in [2.75, 3.05) is 0 Å². The zero-order valence-electron chi connectivity index (χ0n) is 15.1. The molecule has 0 amide bonds. The maximum absolute atomic E-state index is 11.8. The van der Waals surface area contributed by atoms with Crippen LogP contribution < -0.4 is 9.47 Å². The fourth-order valence-corrected chi connectivity index (χ4v) is 2.35. The van der Waals surface area contributed by atoms with Gasteiger partial charge in [0.05, 0.1) is 0 Å². The van der Waals surface area contributed by atoms with Crippen molar-refractivity contribution < 1.29 is 14.3 Å². The minimum absolute atomic E-state index is 0.0211. The molecule has 0 aromatic heterocycles. The number of benzene rings is 2. The van der Waals surface area contributed by atoms with Gasteiger partial charge in [-0.2, -0.15) is 0 Å². The minimum Gasteiger partial charge on any atom is -0.488 e. The van der Waals surface area contributed by atoms with E-state index in [1.54, 1.807) is 6.92 Å². The standard InChI is InChI=1S/C20H26O3/c1-13(21)14-10-15-11-16(22-19(2,3)4)8-9-17(15)18(12-14)23-20(5,6)7/h8-12H,1-7H3. The summed E-state index contributed by atoms with van der Waals surface area (Å²) in [6.45, 7) is 13.6. The highest BCUT2D eigenvalue weighted by atomic mass is 16.5. The van der Waals surface area contributed by atoms with E-state index in [2.05, 4.69) is 0 Å². The number of carbonyl (C=O) groups excluding carboxylic acids is 1. The van der Waals surface area contributed by atoms with Crippen molar-refractivity contribution in [3.63, 3.8) is 0 Å². The summed E-state index contributed by atoms with van der Waals surface area (Å²) in [6.07, 6.45) is 0. The van der Waals surface area contributed by atoms with Crippen LogP contribution in [0.1, 0.15) is 58.8 Å². The molecule has 0 fully saturated rings. The second-order valence-electron chi connectivity index (χ2n) is 7.84. The van der Waals surface area contributed by atoms with Crippen molar-refractivity contribution >= 4 is 16.6 Å². The number of hydrogen-bond acceptors (Lipinski definition) is 3. The van der Waals surface area contributed by atoms with E-state index < -0.39 is 0 Å². The van der Waals surface area contributed by atoms with Gasteiger partial charge in [0.15, 0.2) is 5.78 Å². The van der Waals surface area contributed by atoms with Crippen LogP contribution in [-0.2, 0) is 0 Å². The molecule has 0 atom stereocenters. The maximum atomic E-state index is 11.8. The number of carbonyl (C=O) groups is 1. The Labute approximate surface area is 138 Å². The first-order valence-corrected chi connectivity index (χ1v) is 7.91. The summed E-state index contributed by atoms with van der Waals surface area (Å²) in [6, 6.07) is 9.60. The number of rotatable bonds is 3. The van der Waals surface area contributed by atoms with E-state index >= 15 is 0 Å². The second-order valence-corrected chi connectivity index (χ2v) is 7.84. The van der Waals surface area contributed by atoms with E-state index in [1.807, 2.05) is 71.9 Å². The Bertz CT molecular complexity index is 731. The van der Waals surface area contributed by atoms with Gasteiger partial charge in [0.25, 0.3) is 0 Å². The van der Waals surface area contributed by atoms with Crippen LogP contribution in [0.15, 0.2) is 30.3 Å². The molecule has 3 nitrogen and oxygen atoms in total. The number of ketones is 1. The molecule has 0 unspecified atom stereocenters. The Hall–Kier alpha value is -2.03. The zero-order valence-corrected chi connectivity index (χ0v) is 15.1. The second kappa shape index (κ2) is 5.88. The summed E-state index contributed by atoms with van der Waals surface area (Å²) in [7, 11) is 0. The van der Waals surface area contributed by atoms with Crippen molar-refractivity contribution in [2.45, 2.75) is 59.7 Å². The van der Waals surface area contributed by atoms with Crippen LogP contribution >= 0.6 is 0 Å². The fourth-order valence-electron chi connectivity index (χ4n) is 2.35. The van der Waals surface area contributed by atoms with Gasteiger partial charge in [-0.3, -0.25) is 4.79 Å². The Morgan fingerprint density at radius 1 is 0.870 bits per heavy atom. The van der Waals surface area contributed by atoms with E-state index in [0.717, 1.165) is 22.3 Å². The number of fused-ring (bicyclic) bond motifs is 1. The molecule has 3 heteroatoms. The van der Waals surface area contributed by atoms with Gasteiger partial charge in [-0.25, -0.2) is 0 Å². The molecule has 2 aromatic rings. The lowest BCUT2D eigenvalue weighted by molar-refractivity contribution is 0.101. The molecule has 0 spiro atoms. The Kier molecular flexibility index (Phi) is 4.43. The molecular weight excluding hydrogens is 288 g/mol. The van der Waals surface area contributed by atoms with Crippen LogP contribution in [0.2, 0.25) is 0 Å². The molecule has 23 heavy (non-hydrogen) atoms. The van der Waals surface area contributed by atoms with Crippen molar-refractivity contribution in [3.05, 3.63) is 35.9 Å². The molecule has 0 N–H and O–H groups in total. The van der Waals surface area contributed by atoms with E-state index in [-0.39, 0.29) is 17.0 Å². The smallest absolute Gasteiger partial charge is 0.159 e. The molecule has 2 rings (SSSR count). The highest BCUT2D eigenvalue weighted by Crippen LogP contribution is 2.33. The highest BCUT2D eigenvalue weighted by Gasteiger charge is 2.17. The molecular formula is C20H26O3. The molecule has 0 bridgehead atoms. The summed E-state index contributed by atoms with van der Waals surface area (Å²) >= 11 is 0. The van der Waals surface area contributed by atoms with Crippen LogP contribution in [0.5, 0.6) is 11.5 Å². The minimum atomic E-state index is -0.330. The summed E-state index contributed by atoms with van der Waals surface area (Å²) < 4.78 is 12.0. The van der Waals surface area contributed by atoms with Crippen molar-refractivity contribution in [2.24, 2.45) is 0 Å². The predicted molar refractivity (Wildman–Crippen MR) is 94.7 cm³/mol. The third kappa shape index (κ3) is 4.72. The predicted octanol–water partition coefficient (Wildman–Crippen LogP) is 5.40. The van der Waals surface area contributed by atoms with E-state index in [9.17, 15) is 4.79 Å². The normalized spacial score (nSPS) is 12.3. The van der Waals surface area contributed by atoms with Gasteiger partial charge in [-0.1, -0.05) is 0 Å². The Balaban J connectivity index is 2.59. The quantitative estimate of drug-likeness (QED) is 0.712. The first-order valence-electron chi connectivity index (χ1n) is 7.91. The van der Waals surface area contributed by atoms with Gasteiger partial charge in [-0.15, -0.1) is 0 Å². The van der Waals surface area contributed by atoms with E-state index in [1.165, 1.54) is 0 Å². The van der Waals surface area contributed by atoms with Crippen LogP contribution in [0.4, 0.5) is 0 Å². The van der Waals surface area contributed by atoms with Gasteiger partial charge in [-0.05, 0) is 84.2 Å². The van der Waals surface area contributed by atoms with Gasteiger partial charge in [0.1, 0.15) is 22.7 Å². The SMILES string of the molecule is CC(=O)c1cc(OC(C)(C)C)c2ccc(OC(C)(C)C)cc2c1. The first-order chi connectivity index (χ1) is 10.4. The number of hydrogen-bond donors (Lipinski definition) is 0. The molecule has 0 radical (unpaired) electrons. The molecule has 0 heterocycles. The van der Waals surface area contributed by atoms with Crippen LogP contribution in [0.3, 0.4) is 0 Å². The Morgan fingerprint density at radius 2 is 1.48 bits per heavy atom. The van der Waals surface area contributed by atoms with Crippen molar-refractivity contribution in [1.82, 2.24) is 0 Å².